The quantitative estimate of drug-likeness (QED) is 0.612. The molecule has 3 aromatic rings. The number of nitrogens with one attached hydrogen (secondary N) is 3. The van der Waals surface area contributed by atoms with Gasteiger partial charge in [0.25, 0.3) is 5.91 Å². The van der Waals surface area contributed by atoms with Crippen LogP contribution >= 0.6 is 0 Å². The molecule has 7 heteroatoms. The minimum Gasteiger partial charge on any atom is -0.350 e. The van der Waals surface area contributed by atoms with Crippen molar-refractivity contribution >= 4 is 29.1 Å². The van der Waals surface area contributed by atoms with Crippen LogP contribution in [-0.2, 0) is 11.3 Å². The van der Waals surface area contributed by atoms with Crippen LogP contribution in [0.5, 0.6) is 0 Å². The summed E-state index contributed by atoms with van der Waals surface area (Å²) in [7, 11) is 0. The number of aromatic nitrogens is 2. The van der Waals surface area contributed by atoms with E-state index in [1.54, 1.807) is 36.5 Å². The fraction of sp³-hybridized carbons (Fsp3) is 0.143. The molecule has 1 heterocycles. The molecule has 3 rings (SSSR count). The summed E-state index contributed by atoms with van der Waals surface area (Å²) in [5.41, 5.74) is 3.82. The highest BCUT2D eigenvalue weighted by molar-refractivity contribution is 6.03. The zero-order chi connectivity index (χ0) is 19.9. The first-order valence-corrected chi connectivity index (χ1v) is 8.81. The lowest BCUT2D eigenvalue weighted by Crippen LogP contribution is -2.15. The number of nitrogens with zero attached hydrogens (tertiary/aromatic N) is 2. The van der Waals surface area contributed by atoms with E-state index in [1.807, 2.05) is 31.2 Å². The topological polar surface area (TPSA) is 96.0 Å². The molecule has 0 aliphatic heterocycles. The molecular formula is C21H21N5O2. The average molecular weight is 375 g/mol. The van der Waals surface area contributed by atoms with Crippen molar-refractivity contribution in [2.75, 3.05) is 16.0 Å². The van der Waals surface area contributed by atoms with Crippen LogP contribution < -0.4 is 16.0 Å². The zero-order valence-electron chi connectivity index (χ0n) is 15.7. The molecule has 0 saturated heterocycles. The van der Waals surface area contributed by atoms with Gasteiger partial charge in [0.15, 0.2) is 0 Å². The summed E-state index contributed by atoms with van der Waals surface area (Å²) in [4.78, 5) is 31.9. The second-order valence-corrected chi connectivity index (χ2v) is 6.32. The Morgan fingerprint density at radius 1 is 0.893 bits per heavy atom. The van der Waals surface area contributed by atoms with Gasteiger partial charge < -0.3 is 16.0 Å². The van der Waals surface area contributed by atoms with Crippen molar-refractivity contribution in [1.82, 2.24) is 9.97 Å². The van der Waals surface area contributed by atoms with Crippen LogP contribution in [0.25, 0.3) is 0 Å². The molecule has 0 spiro atoms. The van der Waals surface area contributed by atoms with Gasteiger partial charge in [0.1, 0.15) is 5.69 Å². The van der Waals surface area contributed by atoms with Crippen LogP contribution in [0, 0.1) is 6.92 Å². The van der Waals surface area contributed by atoms with E-state index in [4.69, 9.17) is 0 Å². The molecule has 28 heavy (non-hydrogen) atoms. The van der Waals surface area contributed by atoms with E-state index in [9.17, 15) is 9.59 Å². The Labute approximate surface area is 163 Å². The average Bonchev–Trinajstić information content (AvgIpc) is 2.69. The number of hydrogen-bond donors (Lipinski definition) is 3. The molecular weight excluding hydrogens is 354 g/mol. The summed E-state index contributed by atoms with van der Waals surface area (Å²) < 4.78 is 0. The van der Waals surface area contributed by atoms with E-state index in [0.717, 1.165) is 5.56 Å². The van der Waals surface area contributed by atoms with Gasteiger partial charge in [-0.1, -0.05) is 29.8 Å². The lowest BCUT2D eigenvalue weighted by molar-refractivity contribution is -0.114. The Kier molecular flexibility index (Phi) is 5.96. The Hall–Kier alpha value is -3.74. The highest BCUT2D eigenvalue weighted by Crippen LogP contribution is 2.14. The van der Waals surface area contributed by atoms with Crippen molar-refractivity contribution in [3.8, 4) is 0 Å². The monoisotopic (exact) mass is 375 g/mol. The first-order valence-electron chi connectivity index (χ1n) is 8.81. The third-order valence-electron chi connectivity index (χ3n) is 3.92. The highest BCUT2D eigenvalue weighted by atomic mass is 16.2. The molecule has 0 aliphatic carbocycles. The summed E-state index contributed by atoms with van der Waals surface area (Å²) >= 11 is 0. The minimum atomic E-state index is -0.340. The van der Waals surface area contributed by atoms with E-state index in [1.165, 1.54) is 12.5 Å². The van der Waals surface area contributed by atoms with E-state index >= 15 is 0 Å². The van der Waals surface area contributed by atoms with Gasteiger partial charge in [-0.05, 0) is 42.8 Å². The van der Waals surface area contributed by atoms with Gasteiger partial charge in [0.2, 0.25) is 11.9 Å². The molecule has 7 nitrogen and oxygen atoms in total. The number of amides is 2. The lowest BCUT2D eigenvalue weighted by Gasteiger charge is -2.08. The van der Waals surface area contributed by atoms with Crippen LogP contribution in [0.4, 0.5) is 17.3 Å². The maximum atomic E-state index is 12.4. The standard InChI is InChI=1S/C21H21N5O2/c1-14-3-5-16(6-4-14)13-23-21-22-12-11-19(26-21)20(28)25-18-9-7-17(8-10-18)24-15(2)27/h3-12H,13H2,1-2H3,(H,24,27)(H,25,28)(H,22,23,26). The third kappa shape index (κ3) is 5.38. The molecule has 0 saturated carbocycles. The first kappa shape index (κ1) is 19.0. The highest BCUT2D eigenvalue weighted by Gasteiger charge is 2.09. The summed E-state index contributed by atoms with van der Waals surface area (Å²) in [6.07, 6.45) is 1.54. The van der Waals surface area contributed by atoms with E-state index in [-0.39, 0.29) is 17.5 Å². The molecule has 3 N–H and O–H groups in total. The molecule has 142 valence electrons. The zero-order valence-corrected chi connectivity index (χ0v) is 15.7. The Morgan fingerprint density at radius 2 is 1.54 bits per heavy atom. The fourth-order valence-corrected chi connectivity index (χ4v) is 2.49. The molecule has 2 aromatic carbocycles. The van der Waals surface area contributed by atoms with Crippen molar-refractivity contribution < 1.29 is 9.59 Å². The van der Waals surface area contributed by atoms with Crippen LogP contribution in [0.15, 0.2) is 60.8 Å². The van der Waals surface area contributed by atoms with Gasteiger partial charge in [-0.25, -0.2) is 9.97 Å². The van der Waals surface area contributed by atoms with Crippen LogP contribution in [0.3, 0.4) is 0 Å². The van der Waals surface area contributed by atoms with Gasteiger partial charge in [-0.3, -0.25) is 9.59 Å². The maximum absolute atomic E-state index is 12.4. The van der Waals surface area contributed by atoms with Gasteiger partial charge in [-0.2, -0.15) is 0 Å². The molecule has 0 aliphatic rings. The summed E-state index contributed by atoms with van der Waals surface area (Å²) in [5, 5.41) is 8.57. The van der Waals surface area contributed by atoms with Crippen molar-refractivity contribution in [3.63, 3.8) is 0 Å². The Balaban J connectivity index is 1.61. The molecule has 0 bridgehead atoms. The summed E-state index contributed by atoms with van der Waals surface area (Å²) in [6, 6.07) is 16.5. The van der Waals surface area contributed by atoms with Crippen molar-refractivity contribution in [3.05, 3.63) is 77.6 Å². The molecule has 0 radical (unpaired) electrons. The van der Waals surface area contributed by atoms with E-state index in [2.05, 4.69) is 25.9 Å². The first-order chi connectivity index (χ1) is 13.5. The fourth-order valence-electron chi connectivity index (χ4n) is 2.49. The molecule has 2 amide bonds. The van der Waals surface area contributed by atoms with Gasteiger partial charge in [0.05, 0.1) is 0 Å². The SMILES string of the molecule is CC(=O)Nc1ccc(NC(=O)c2ccnc(NCc3ccc(C)cc3)n2)cc1. The van der Waals surface area contributed by atoms with E-state index in [0.29, 0.717) is 23.9 Å². The normalized spacial score (nSPS) is 10.2. The molecule has 1 aromatic heterocycles. The summed E-state index contributed by atoms with van der Waals surface area (Å²) in [5.74, 6) is -0.106. The predicted octanol–water partition coefficient (Wildman–Crippen LogP) is 3.61. The van der Waals surface area contributed by atoms with Gasteiger partial charge >= 0.3 is 0 Å². The minimum absolute atomic E-state index is 0.150. The number of aryl methyl sites for hydroxylation is 1. The lowest BCUT2D eigenvalue weighted by atomic mass is 10.1. The van der Waals surface area contributed by atoms with Crippen molar-refractivity contribution in [1.29, 1.82) is 0 Å². The number of carbonyl (C=O) groups is 2. The van der Waals surface area contributed by atoms with Gasteiger partial charge in [0, 0.05) is 31.0 Å². The largest absolute Gasteiger partial charge is 0.350 e. The number of rotatable bonds is 6. The third-order valence-corrected chi connectivity index (χ3v) is 3.92. The van der Waals surface area contributed by atoms with Crippen molar-refractivity contribution in [2.24, 2.45) is 0 Å². The molecule has 0 unspecified atom stereocenters. The Morgan fingerprint density at radius 3 is 2.18 bits per heavy atom. The summed E-state index contributed by atoms with van der Waals surface area (Å²) in [6.45, 7) is 4.04. The number of hydrogen-bond acceptors (Lipinski definition) is 5. The number of carbonyl (C=O) groups excluding carboxylic acids is 2. The maximum Gasteiger partial charge on any atom is 0.274 e. The van der Waals surface area contributed by atoms with Crippen LogP contribution in [0.2, 0.25) is 0 Å². The second-order valence-electron chi connectivity index (χ2n) is 6.32. The van der Waals surface area contributed by atoms with Gasteiger partial charge in [-0.15, -0.1) is 0 Å². The molecule has 0 atom stereocenters. The van der Waals surface area contributed by atoms with Crippen LogP contribution in [0.1, 0.15) is 28.5 Å². The molecule has 0 fully saturated rings. The van der Waals surface area contributed by atoms with Crippen molar-refractivity contribution in [2.45, 2.75) is 20.4 Å². The Bertz CT molecular complexity index is 969. The smallest absolute Gasteiger partial charge is 0.274 e. The second kappa shape index (κ2) is 8.77. The number of anilines is 3. The predicted molar refractivity (Wildman–Crippen MR) is 109 cm³/mol. The number of benzene rings is 2. The van der Waals surface area contributed by atoms with E-state index < -0.39 is 0 Å². The van der Waals surface area contributed by atoms with Crippen LogP contribution in [-0.4, -0.2) is 21.8 Å².